The molecule has 106 valence electrons. The lowest BCUT2D eigenvalue weighted by Gasteiger charge is -2.07. The zero-order valence-electron chi connectivity index (χ0n) is 10.9. The van der Waals surface area contributed by atoms with Crippen molar-refractivity contribution in [2.75, 3.05) is 31.7 Å². The minimum atomic E-state index is -0.475. The van der Waals surface area contributed by atoms with Crippen molar-refractivity contribution in [1.29, 1.82) is 0 Å². The van der Waals surface area contributed by atoms with Crippen molar-refractivity contribution in [3.8, 4) is 0 Å². The summed E-state index contributed by atoms with van der Waals surface area (Å²) in [7, 11) is 3.56. The van der Waals surface area contributed by atoms with E-state index in [2.05, 4.69) is 28.1 Å². The van der Waals surface area contributed by atoms with E-state index >= 15 is 0 Å². The SMILES string of the molecule is CN/C(=C\[N+](=O)[O-])NCCSCc1ccc(NC)s1. The van der Waals surface area contributed by atoms with E-state index in [0.717, 1.165) is 17.7 Å². The Morgan fingerprint density at radius 1 is 1.53 bits per heavy atom. The van der Waals surface area contributed by atoms with Gasteiger partial charge in [-0.25, -0.2) is 0 Å². The molecular weight excluding hydrogens is 284 g/mol. The van der Waals surface area contributed by atoms with Crippen molar-refractivity contribution < 1.29 is 4.92 Å². The van der Waals surface area contributed by atoms with Crippen LogP contribution in [-0.2, 0) is 5.75 Å². The third-order valence-corrected chi connectivity index (χ3v) is 4.51. The van der Waals surface area contributed by atoms with Crippen LogP contribution in [0.1, 0.15) is 4.88 Å². The number of nitrogens with one attached hydrogen (secondary N) is 3. The lowest BCUT2D eigenvalue weighted by molar-refractivity contribution is -0.404. The number of nitrogens with zero attached hydrogens (tertiary/aromatic N) is 1. The van der Waals surface area contributed by atoms with Gasteiger partial charge in [-0.15, -0.1) is 11.3 Å². The van der Waals surface area contributed by atoms with Gasteiger partial charge in [-0.3, -0.25) is 10.1 Å². The van der Waals surface area contributed by atoms with Crippen LogP contribution in [0, 0.1) is 10.1 Å². The quantitative estimate of drug-likeness (QED) is 0.367. The highest BCUT2D eigenvalue weighted by Crippen LogP contribution is 2.24. The second-order valence-electron chi connectivity index (χ2n) is 3.57. The van der Waals surface area contributed by atoms with Crippen LogP contribution >= 0.6 is 23.1 Å². The van der Waals surface area contributed by atoms with E-state index in [1.165, 1.54) is 9.88 Å². The molecule has 1 heterocycles. The number of hydrogen-bond acceptors (Lipinski definition) is 7. The number of thiophene rings is 1. The maximum atomic E-state index is 10.3. The summed E-state index contributed by atoms with van der Waals surface area (Å²) in [6.07, 6.45) is 0.934. The van der Waals surface area contributed by atoms with Gasteiger partial charge in [0.1, 0.15) is 0 Å². The lowest BCUT2D eigenvalue weighted by Crippen LogP contribution is -2.26. The smallest absolute Gasteiger partial charge is 0.274 e. The van der Waals surface area contributed by atoms with E-state index in [0.29, 0.717) is 12.4 Å². The first-order chi connectivity index (χ1) is 9.15. The van der Waals surface area contributed by atoms with Gasteiger partial charge < -0.3 is 16.0 Å². The Kier molecular flexibility index (Phi) is 7.12. The van der Waals surface area contributed by atoms with Crippen molar-refractivity contribution in [3.05, 3.63) is 39.1 Å². The topological polar surface area (TPSA) is 79.2 Å². The lowest BCUT2D eigenvalue weighted by atomic mass is 10.5. The molecule has 0 atom stereocenters. The molecular formula is C11H18N4O2S2. The Balaban J connectivity index is 2.18. The predicted molar refractivity (Wildman–Crippen MR) is 82.2 cm³/mol. The summed E-state index contributed by atoms with van der Waals surface area (Å²) in [5, 5.41) is 20.3. The molecule has 0 aliphatic carbocycles. The number of thioether (sulfide) groups is 1. The molecule has 1 aromatic heterocycles. The van der Waals surface area contributed by atoms with Crippen molar-refractivity contribution in [2.45, 2.75) is 5.75 Å². The molecule has 0 fully saturated rings. The largest absolute Gasteiger partial charge is 0.380 e. The summed E-state index contributed by atoms with van der Waals surface area (Å²) in [5.41, 5.74) is 0. The third kappa shape index (κ3) is 6.35. The monoisotopic (exact) mass is 302 g/mol. The zero-order chi connectivity index (χ0) is 14.1. The maximum Gasteiger partial charge on any atom is 0.274 e. The van der Waals surface area contributed by atoms with Crippen LogP contribution in [0.25, 0.3) is 0 Å². The zero-order valence-corrected chi connectivity index (χ0v) is 12.6. The Morgan fingerprint density at radius 2 is 2.32 bits per heavy atom. The summed E-state index contributed by atoms with van der Waals surface area (Å²) < 4.78 is 0. The fourth-order valence-corrected chi connectivity index (χ4v) is 3.16. The molecule has 0 unspecified atom stereocenters. The summed E-state index contributed by atoms with van der Waals surface area (Å²) in [4.78, 5) is 11.2. The highest BCUT2D eigenvalue weighted by molar-refractivity contribution is 7.98. The average Bonchev–Trinajstić information content (AvgIpc) is 2.84. The molecule has 0 aromatic carbocycles. The number of rotatable bonds is 9. The fourth-order valence-electron chi connectivity index (χ4n) is 1.32. The second-order valence-corrected chi connectivity index (χ2v) is 5.85. The summed E-state index contributed by atoms with van der Waals surface area (Å²) >= 11 is 3.54. The Hall–Kier alpha value is -1.41. The molecule has 3 N–H and O–H groups in total. The van der Waals surface area contributed by atoms with Gasteiger partial charge in [-0.2, -0.15) is 11.8 Å². The minimum Gasteiger partial charge on any atom is -0.380 e. The third-order valence-electron chi connectivity index (χ3n) is 2.22. The Bertz CT molecular complexity index is 434. The standard InChI is InChI=1S/C11H18N4O2S2/c1-12-10(7-15(16)17)14-5-6-18-8-9-3-4-11(13-2)19-9/h3-4,7,12-14H,5-6,8H2,1-2H3/b10-7+. The molecule has 1 aromatic rings. The molecule has 8 heteroatoms. The van der Waals surface area contributed by atoms with Gasteiger partial charge in [0.2, 0.25) is 0 Å². The normalized spacial score (nSPS) is 11.2. The molecule has 0 radical (unpaired) electrons. The van der Waals surface area contributed by atoms with E-state index in [1.54, 1.807) is 30.1 Å². The van der Waals surface area contributed by atoms with Crippen molar-refractivity contribution >= 4 is 28.1 Å². The molecule has 1 rings (SSSR count). The molecule has 0 aliphatic rings. The number of anilines is 1. The number of hydrogen-bond donors (Lipinski definition) is 3. The van der Waals surface area contributed by atoms with Crippen LogP contribution in [0.3, 0.4) is 0 Å². The fraction of sp³-hybridized carbons (Fsp3) is 0.455. The van der Waals surface area contributed by atoms with Gasteiger partial charge in [0, 0.05) is 37.0 Å². The molecule has 6 nitrogen and oxygen atoms in total. The average molecular weight is 302 g/mol. The van der Waals surface area contributed by atoms with Gasteiger partial charge in [0.25, 0.3) is 6.20 Å². The van der Waals surface area contributed by atoms with Crippen LogP contribution in [0.15, 0.2) is 24.2 Å². The van der Waals surface area contributed by atoms with E-state index < -0.39 is 4.92 Å². The van der Waals surface area contributed by atoms with Gasteiger partial charge >= 0.3 is 0 Å². The van der Waals surface area contributed by atoms with Crippen molar-refractivity contribution in [1.82, 2.24) is 10.6 Å². The highest BCUT2D eigenvalue weighted by Gasteiger charge is 2.01. The van der Waals surface area contributed by atoms with Gasteiger partial charge in [0.15, 0.2) is 5.82 Å². The molecule has 19 heavy (non-hydrogen) atoms. The van der Waals surface area contributed by atoms with Gasteiger partial charge in [-0.05, 0) is 12.1 Å². The van der Waals surface area contributed by atoms with Crippen LogP contribution < -0.4 is 16.0 Å². The van der Waals surface area contributed by atoms with E-state index in [9.17, 15) is 10.1 Å². The molecule has 0 amide bonds. The van der Waals surface area contributed by atoms with Gasteiger partial charge in [0.05, 0.1) is 9.92 Å². The van der Waals surface area contributed by atoms with Crippen LogP contribution in [0.2, 0.25) is 0 Å². The first kappa shape index (κ1) is 15.6. The van der Waals surface area contributed by atoms with Crippen LogP contribution in [0.4, 0.5) is 5.00 Å². The summed E-state index contributed by atoms with van der Waals surface area (Å²) in [6.45, 7) is 0.690. The van der Waals surface area contributed by atoms with Gasteiger partial charge in [-0.1, -0.05) is 0 Å². The van der Waals surface area contributed by atoms with E-state index in [-0.39, 0.29) is 0 Å². The molecule has 0 saturated carbocycles. The predicted octanol–water partition coefficient (Wildman–Crippen LogP) is 1.91. The maximum absolute atomic E-state index is 10.3. The molecule has 0 aliphatic heterocycles. The van der Waals surface area contributed by atoms with E-state index in [1.807, 2.05) is 7.05 Å². The summed E-state index contributed by atoms with van der Waals surface area (Å²) in [6, 6.07) is 4.18. The first-order valence-electron chi connectivity index (χ1n) is 5.77. The van der Waals surface area contributed by atoms with Crippen molar-refractivity contribution in [2.24, 2.45) is 0 Å². The minimum absolute atomic E-state index is 0.430. The van der Waals surface area contributed by atoms with Crippen LogP contribution in [0.5, 0.6) is 0 Å². The Labute approximate surface area is 120 Å². The molecule has 0 bridgehead atoms. The highest BCUT2D eigenvalue weighted by atomic mass is 32.2. The second kappa shape index (κ2) is 8.65. The summed E-state index contributed by atoms with van der Waals surface area (Å²) in [5.74, 6) is 2.28. The van der Waals surface area contributed by atoms with Crippen molar-refractivity contribution in [3.63, 3.8) is 0 Å². The first-order valence-corrected chi connectivity index (χ1v) is 7.74. The Morgan fingerprint density at radius 3 is 2.89 bits per heavy atom. The van der Waals surface area contributed by atoms with Crippen LogP contribution in [-0.4, -0.2) is 31.3 Å². The molecule has 0 saturated heterocycles. The number of nitro groups is 1. The molecule has 0 spiro atoms. The van der Waals surface area contributed by atoms with E-state index in [4.69, 9.17) is 0 Å².